The van der Waals surface area contributed by atoms with Gasteiger partial charge in [-0.3, -0.25) is 33.7 Å². The topological polar surface area (TPSA) is 334 Å². The third kappa shape index (κ3) is 12.3. The maximum absolute atomic E-state index is 15.3. The number of methoxy groups -OCH3 is 1. The number of nitrogens with one attached hydrogen (secondary N) is 3. The molecule has 5 aliphatic rings. The van der Waals surface area contributed by atoms with Crippen LogP contribution in [0, 0.1) is 36.5 Å². The maximum Gasteiger partial charge on any atom is 0.408 e. The van der Waals surface area contributed by atoms with Crippen LogP contribution in [0.5, 0.6) is 11.5 Å². The lowest BCUT2D eigenvalue weighted by molar-refractivity contribution is -0.160. The number of rotatable bonds is 10. The van der Waals surface area contributed by atoms with Crippen molar-refractivity contribution in [3.8, 4) is 11.5 Å². The summed E-state index contributed by atoms with van der Waals surface area (Å²) in [6, 6.07) is 1.91. The maximum atomic E-state index is 15.3. The van der Waals surface area contributed by atoms with E-state index in [0.29, 0.717) is 24.7 Å². The average molecular weight is 1140 g/mol. The zero-order valence-electron chi connectivity index (χ0n) is 47.2. The third-order valence-electron chi connectivity index (χ3n) is 15.4. The molecule has 25 heteroatoms. The van der Waals surface area contributed by atoms with Gasteiger partial charge in [-0.05, 0) is 18.9 Å². The van der Waals surface area contributed by atoms with Gasteiger partial charge in [-0.15, -0.1) is 0 Å². The Morgan fingerprint density at radius 2 is 1.66 bits per heavy atom. The van der Waals surface area contributed by atoms with Crippen LogP contribution in [-0.4, -0.2) is 156 Å². The van der Waals surface area contributed by atoms with Crippen LogP contribution in [0.25, 0.3) is 38.7 Å². The number of aromatic hydroxyl groups is 1. The first kappa shape index (κ1) is 60.3. The molecule has 2 fully saturated rings. The van der Waals surface area contributed by atoms with Gasteiger partial charge in [0.2, 0.25) is 10.9 Å². The Morgan fingerprint density at radius 1 is 0.939 bits per heavy atom. The molecule has 9 rings (SSSR count). The minimum atomic E-state index is -2.09. The minimum Gasteiger partial charge on any atom is -0.507 e. The molecule has 25 nitrogen and oxygen atoms in total. The lowest BCUT2D eigenvalue weighted by Gasteiger charge is -2.38. The van der Waals surface area contributed by atoms with E-state index >= 15 is 4.79 Å². The van der Waals surface area contributed by atoms with Gasteiger partial charge in [-0.25, -0.2) is 20.1 Å². The summed E-state index contributed by atoms with van der Waals surface area (Å²) in [4.78, 5) is 108. The highest BCUT2D eigenvalue weighted by Crippen LogP contribution is 2.42. The number of anilines is 2. The summed E-state index contributed by atoms with van der Waals surface area (Å²) in [5.41, 5.74) is -1.05. The highest BCUT2D eigenvalue weighted by Gasteiger charge is 2.44. The Kier molecular flexibility index (Phi) is 18.2. The zero-order chi connectivity index (χ0) is 59.6. The summed E-state index contributed by atoms with van der Waals surface area (Å²) in [5, 5.41) is 51.8. The van der Waals surface area contributed by atoms with Crippen LogP contribution in [0.3, 0.4) is 0 Å². The molecule has 0 saturated carbocycles. The van der Waals surface area contributed by atoms with Gasteiger partial charge in [-0.1, -0.05) is 59.8 Å². The van der Waals surface area contributed by atoms with Crippen molar-refractivity contribution in [2.45, 2.75) is 98.6 Å². The van der Waals surface area contributed by atoms with Crippen molar-refractivity contribution in [2.24, 2.45) is 29.6 Å². The van der Waals surface area contributed by atoms with Gasteiger partial charge in [0, 0.05) is 106 Å². The van der Waals surface area contributed by atoms with E-state index < -0.39 is 142 Å². The Labute approximate surface area is 470 Å². The third-order valence-corrected chi connectivity index (χ3v) is 15.4. The predicted molar refractivity (Wildman–Crippen MR) is 296 cm³/mol. The number of phenolic OH excluding ortho intramolecular Hbond substituents is 1. The minimum absolute atomic E-state index is 0.0518. The number of carbonyl (C=O) groups excluding carboxylic acids is 5. The highest BCUT2D eigenvalue weighted by atomic mass is 16.7. The van der Waals surface area contributed by atoms with Gasteiger partial charge < -0.3 is 68.8 Å². The summed E-state index contributed by atoms with van der Waals surface area (Å²) in [5.74, 6) is -9.72. The van der Waals surface area contributed by atoms with Crippen LogP contribution < -0.4 is 41.8 Å². The summed E-state index contributed by atoms with van der Waals surface area (Å²) >= 11 is 0. The van der Waals surface area contributed by atoms with Gasteiger partial charge in [0.15, 0.2) is 29.0 Å². The van der Waals surface area contributed by atoms with Crippen LogP contribution in [0.2, 0.25) is 0 Å². The fourth-order valence-corrected chi connectivity index (χ4v) is 10.8. The van der Waals surface area contributed by atoms with Crippen LogP contribution >= 0.6 is 0 Å². The summed E-state index contributed by atoms with van der Waals surface area (Å²) in [6.07, 6.45) is 1.15. The number of piperazine rings is 1. The van der Waals surface area contributed by atoms with Crippen molar-refractivity contribution in [3.63, 3.8) is 0 Å². The Bertz CT molecular complexity index is 3440. The van der Waals surface area contributed by atoms with E-state index in [4.69, 9.17) is 42.7 Å². The van der Waals surface area contributed by atoms with E-state index in [2.05, 4.69) is 34.9 Å². The number of aromatic nitrogens is 1. The smallest absolute Gasteiger partial charge is 0.408 e. The van der Waals surface area contributed by atoms with E-state index in [1.54, 1.807) is 33.8 Å². The lowest BCUT2D eigenvalue weighted by Crippen LogP contribution is -2.47. The van der Waals surface area contributed by atoms with Gasteiger partial charge in [0.05, 0.1) is 40.8 Å². The number of phenols is 1. The molecule has 5 aliphatic heterocycles. The van der Waals surface area contributed by atoms with E-state index in [-0.39, 0.29) is 50.7 Å². The second-order valence-corrected chi connectivity index (χ2v) is 21.8. The average Bonchev–Trinajstić information content (AvgIpc) is 1.63. The first-order valence-electron chi connectivity index (χ1n) is 27.0. The standard InChI is InChI=1S/C57H70N6O19/c1-26(2)22-62-15-17-63(18-16-62)34-20-36(65)43-38(21-34)81-52-44(59-43)40-41-48(69)31(7)51-42(40)53(71)57(9,82-51)78-19-14-37(75-10)28(4)50(80-32(8)64)30(6)47(68)29(5)46(67)27(3)12-11-13-33(54(72)60-45(52)49(41)70)23-76-39(66)25-77-56(74)58-35-24-79-61-55(35)73/h11-14,19-21,26-30,35,37,46-47,50,67-69,71H,15-18,22-25H2,1-10H3,(H,58,74)(H,60,72)(H,61,73)/b12-11+,19-14+,33-13-. The number of esters is 2. The first-order valence-corrected chi connectivity index (χ1v) is 27.0. The number of nitrogens with zero attached hydrogens (tertiary/aromatic N) is 3. The molecule has 3 amide bonds. The van der Waals surface area contributed by atoms with Crippen molar-refractivity contribution in [2.75, 3.05) is 69.9 Å². The monoisotopic (exact) mass is 1140 g/mol. The van der Waals surface area contributed by atoms with E-state index in [1.165, 1.54) is 64.5 Å². The molecule has 2 saturated heterocycles. The Morgan fingerprint density at radius 3 is 2.32 bits per heavy atom. The van der Waals surface area contributed by atoms with Crippen molar-refractivity contribution in [1.82, 2.24) is 20.7 Å². The molecule has 442 valence electrons. The predicted octanol–water partition coefficient (Wildman–Crippen LogP) is 3.02. The summed E-state index contributed by atoms with van der Waals surface area (Å²) in [7, 11) is 1.40. The second-order valence-electron chi connectivity index (χ2n) is 21.8. The van der Waals surface area contributed by atoms with Crippen LogP contribution in [0.15, 0.2) is 62.3 Å². The van der Waals surface area contributed by atoms with E-state index in [0.717, 1.165) is 19.6 Å². The van der Waals surface area contributed by atoms with Crippen molar-refractivity contribution >= 4 is 80.0 Å². The number of aliphatic hydroxyl groups excluding tert-OH is 3. The number of alkyl carbamates (subject to hydrolysis) is 1. The molecule has 82 heavy (non-hydrogen) atoms. The van der Waals surface area contributed by atoms with Crippen molar-refractivity contribution in [1.29, 1.82) is 0 Å². The van der Waals surface area contributed by atoms with Crippen molar-refractivity contribution < 1.29 is 82.1 Å². The number of hydrogen-bond donors (Lipinski definition) is 7. The second kappa shape index (κ2) is 24.7. The normalized spacial score (nSPS) is 28.1. The van der Waals surface area contributed by atoms with E-state index in [1.807, 2.05) is 4.90 Å². The number of hydroxylamine groups is 1. The summed E-state index contributed by atoms with van der Waals surface area (Å²) in [6.45, 7) is 16.3. The number of allylic oxidation sites excluding steroid dienone is 2. The van der Waals surface area contributed by atoms with Crippen LogP contribution in [0.4, 0.5) is 16.2 Å². The Balaban J connectivity index is 1.30. The van der Waals surface area contributed by atoms with Gasteiger partial charge in [0.25, 0.3) is 11.8 Å². The van der Waals surface area contributed by atoms with Crippen molar-refractivity contribution in [3.05, 3.63) is 79.5 Å². The van der Waals surface area contributed by atoms with Gasteiger partial charge in [0.1, 0.15) is 48.1 Å². The zero-order valence-corrected chi connectivity index (χ0v) is 47.2. The molecule has 0 aliphatic carbocycles. The van der Waals surface area contributed by atoms with Gasteiger partial charge in [-0.2, -0.15) is 0 Å². The number of aliphatic hydroxyl groups is 3. The molecule has 7 N–H and O–H groups in total. The lowest BCUT2D eigenvalue weighted by atomic mass is 9.78. The molecule has 4 aromatic rings. The molecule has 6 heterocycles. The number of fused-ring (bicyclic) bond motifs is 14. The molecular formula is C57H70N6O19. The van der Waals surface area contributed by atoms with E-state index in [9.17, 15) is 49.2 Å². The molecule has 1 aromatic heterocycles. The number of hydrogen-bond acceptors (Lipinski definition) is 22. The number of carbonyl (C=O) groups is 5. The van der Waals surface area contributed by atoms with Crippen LogP contribution in [-0.2, 0) is 47.7 Å². The molecule has 0 spiro atoms. The summed E-state index contributed by atoms with van der Waals surface area (Å²) < 4.78 is 41.0. The fourth-order valence-electron chi connectivity index (χ4n) is 10.8. The largest absolute Gasteiger partial charge is 0.507 e. The molecular weight excluding hydrogens is 1070 g/mol. The molecule has 10 unspecified atom stereocenters. The first-order chi connectivity index (χ1) is 38.8. The van der Waals surface area contributed by atoms with Gasteiger partial charge >= 0.3 is 23.8 Å². The Hall–Kier alpha value is -7.84. The molecule has 5 bridgehead atoms. The highest BCUT2D eigenvalue weighted by molar-refractivity contribution is 6.17. The molecule has 0 radical (unpaired) electrons. The molecule has 10 atom stereocenters. The number of benzene rings is 3. The quantitative estimate of drug-likeness (QED) is 0.0519. The molecule has 3 aromatic carbocycles. The SMILES string of the molecule is COC1/C=C/OC2(C)Oc3c(C)c(O)c4c(=O)c(c5oc6cc(N7CCN(CC(C)C)CC7)cc(=O)c6nc5c4c3=C2O)NC(=O)/C(COC(=O)COC(=O)NC2CONC2=O)=C\C=C\C(C)C(O)C(C)C(O)C(C)C(OC(C)=O)C1C. The number of ether oxygens (including phenoxy) is 6. The van der Waals surface area contributed by atoms with Crippen LogP contribution in [0.1, 0.15) is 61.0 Å². The number of amides is 3. The fraction of sp³-hybridized carbons (Fsp3) is 0.509.